The minimum absolute atomic E-state index is 0.541. The van der Waals surface area contributed by atoms with Crippen molar-refractivity contribution in [3.05, 3.63) is 47.5 Å². The minimum atomic E-state index is 0.541. The molecule has 3 rings (SSSR count). The summed E-state index contributed by atoms with van der Waals surface area (Å²) < 4.78 is 4.25. The van der Waals surface area contributed by atoms with Crippen molar-refractivity contribution in [1.82, 2.24) is 21.6 Å². The van der Waals surface area contributed by atoms with Crippen LogP contribution in [0.4, 0.5) is 0 Å². The van der Waals surface area contributed by atoms with Crippen LogP contribution in [0.15, 0.2) is 46.5 Å². The summed E-state index contributed by atoms with van der Waals surface area (Å²) in [6.07, 6.45) is 4.52. The Bertz CT molecular complexity index is 594. The summed E-state index contributed by atoms with van der Waals surface area (Å²) in [5, 5.41) is 5.61. The van der Waals surface area contributed by atoms with E-state index in [0.717, 1.165) is 23.5 Å². The summed E-state index contributed by atoms with van der Waals surface area (Å²) in [4.78, 5) is 15.0. The second-order valence-electron chi connectivity index (χ2n) is 4.44. The molecule has 0 bridgehead atoms. The number of rotatable bonds is 3. The van der Waals surface area contributed by atoms with Gasteiger partial charge in [-0.25, -0.2) is 5.53 Å². The van der Waals surface area contributed by atoms with Crippen LogP contribution in [0.1, 0.15) is 15.9 Å². The van der Waals surface area contributed by atoms with Gasteiger partial charge in [0, 0.05) is 19.8 Å². The SMILES string of the molecule is COC.O=Cc1ccc(CN=C2C=CC3=NNNN3N2)cc1. The highest BCUT2D eigenvalue weighted by Crippen LogP contribution is 2.05. The number of aliphatic imine (C=N–C) groups is 1. The van der Waals surface area contributed by atoms with E-state index in [1.165, 1.54) is 0 Å². The first-order valence-corrected chi connectivity index (χ1v) is 6.58. The number of carbonyl (C=O) groups excluding carboxylic acids is 1. The van der Waals surface area contributed by atoms with Crippen molar-refractivity contribution >= 4 is 18.0 Å². The molecule has 1 aromatic carbocycles. The van der Waals surface area contributed by atoms with E-state index in [4.69, 9.17) is 0 Å². The van der Waals surface area contributed by atoms with E-state index in [1.807, 2.05) is 24.3 Å². The molecular formula is C14H18N6O2. The molecular weight excluding hydrogens is 284 g/mol. The molecule has 116 valence electrons. The highest BCUT2D eigenvalue weighted by molar-refractivity contribution is 6.06. The van der Waals surface area contributed by atoms with Gasteiger partial charge in [0.15, 0.2) is 5.84 Å². The van der Waals surface area contributed by atoms with Crippen molar-refractivity contribution in [1.29, 1.82) is 0 Å². The standard InChI is InChI=1S/C12H12N6O.C2H6O/c19-8-10-3-1-9(2-4-10)7-13-11-5-6-12-14-16-17-18(12)15-11;1-3-2/h1-6,8,16-17H,7H2,(H,13,15);1-2H3. The smallest absolute Gasteiger partial charge is 0.187 e. The van der Waals surface area contributed by atoms with Crippen molar-refractivity contribution in [2.45, 2.75) is 6.54 Å². The molecule has 0 fully saturated rings. The first-order chi connectivity index (χ1) is 10.8. The number of methoxy groups -OCH3 is 1. The van der Waals surface area contributed by atoms with Crippen LogP contribution in [-0.2, 0) is 11.3 Å². The summed E-state index contributed by atoms with van der Waals surface area (Å²) in [6, 6.07) is 7.35. The third kappa shape index (κ3) is 4.14. The molecule has 2 aliphatic heterocycles. The predicted octanol–water partition coefficient (Wildman–Crippen LogP) is 0.373. The molecule has 0 amide bonds. The van der Waals surface area contributed by atoms with Crippen LogP contribution < -0.4 is 16.5 Å². The number of hydrogen-bond acceptors (Lipinski definition) is 7. The van der Waals surface area contributed by atoms with Gasteiger partial charge in [0.25, 0.3) is 0 Å². The molecule has 0 saturated heterocycles. The van der Waals surface area contributed by atoms with Gasteiger partial charge >= 0.3 is 0 Å². The molecule has 8 nitrogen and oxygen atoms in total. The van der Waals surface area contributed by atoms with E-state index in [-0.39, 0.29) is 0 Å². The van der Waals surface area contributed by atoms with E-state index in [0.29, 0.717) is 12.1 Å². The van der Waals surface area contributed by atoms with Crippen LogP contribution in [0.3, 0.4) is 0 Å². The van der Waals surface area contributed by atoms with Crippen LogP contribution in [0.25, 0.3) is 0 Å². The number of hydrazone groups is 1. The highest BCUT2D eigenvalue weighted by atomic mass is 16.4. The summed E-state index contributed by atoms with van der Waals surface area (Å²) in [6.45, 7) is 0.541. The van der Waals surface area contributed by atoms with Crippen molar-refractivity contribution in [3.63, 3.8) is 0 Å². The molecule has 0 atom stereocenters. The summed E-state index contributed by atoms with van der Waals surface area (Å²) in [5.41, 5.74) is 10.2. The molecule has 8 heteroatoms. The first kappa shape index (κ1) is 15.7. The van der Waals surface area contributed by atoms with E-state index >= 15 is 0 Å². The fraction of sp³-hybridized carbons (Fsp3) is 0.214. The third-order valence-electron chi connectivity index (χ3n) is 2.73. The lowest BCUT2D eigenvalue weighted by Crippen LogP contribution is -2.53. The van der Waals surface area contributed by atoms with E-state index in [9.17, 15) is 4.79 Å². The number of aldehydes is 1. The van der Waals surface area contributed by atoms with E-state index in [2.05, 4.69) is 31.3 Å². The van der Waals surface area contributed by atoms with Crippen LogP contribution >= 0.6 is 0 Å². The van der Waals surface area contributed by atoms with Gasteiger partial charge in [-0.05, 0) is 17.7 Å². The molecule has 0 saturated carbocycles. The van der Waals surface area contributed by atoms with Gasteiger partial charge in [0.1, 0.15) is 12.1 Å². The molecule has 1 aromatic rings. The van der Waals surface area contributed by atoms with Gasteiger partial charge in [-0.1, -0.05) is 24.3 Å². The fourth-order valence-corrected chi connectivity index (χ4v) is 1.71. The Hall–Kier alpha value is -2.71. The predicted molar refractivity (Wildman–Crippen MR) is 83.7 cm³/mol. The van der Waals surface area contributed by atoms with Crippen LogP contribution in [-0.4, -0.2) is 37.3 Å². The van der Waals surface area contributed by atoms with E-state index in [1.54, 1.807) is 31.5 Å². The van der Waals surface area contributed by atoms with Crippen LogP contribution in [0, 0.1) is 0 Å². The van der Waals surface area contributed by atoms with Gasteiger partial charge in [0.05, 0.1) is 6.54 Å². The lowest BCUT2D eigenvalue weighted by atomic mass is 10.1. The van der Waals surface area contributed by atoms with Crippen molar-refractivity contribution in [2.24, 2.45) is 10.1 Å². The molecule has 2 heterocycles. The molecule has 2 aliphatic rings. The number of carbonyl (C=O) groups is 1. The minimum Gasteiger partial charge on any atom is -0.388 e. The molecule has 0 spiro atoms. The quantitative estimate of drug-likeness (QED) is 0.699. The summed E-state index contributed by atoms with van der Waals surface area (Å²) in [7, 11) is 3.25. The Labute approximate surface area is 128 Å². The summed E-state index contributed by atoms with van der Waals surface area (Å²) >= 11 is 0. The molecule has 22 heavy (non-hydrogen) atoms. The fourth-order valence-electron chi connectivity index (χ4n) is 1.71. The Morgan fingerprint density at radius 2 is 2.00 bits per heavy atom. The zero-order valence-electron chi connectivity index (χ0n) is 12.4. The van der Waals surface area contributed by atoms with Crippen LogP contribution in [0.2, 0.25) is 0 Å². The molecule has 0 aromatic heterocycles. The van der Waals surface area contributed by atoms with Gasteiger partial charge in [-0.3, -0.25) is 15.2 Å². The maximum Gasteiger partial charge on any atom is 0.187 e. The van der Waals surface area contributed by atoms with Crippen molar-refractivity contribution in [3.8, 4) is 0 Å². The number of ether oxygens (including phenoxy) is 1. The zero-order chi connectivity index (χ0) is 15.8. The maximum absolute atomic E-state index is 10.6. The Morgan fingerprint density at radius 3 is 2.68 bits per heavy atom. The number of fused-ring (bicyclic) bond motifs is 1. The molecule has 3 N–H and O–H groups in total. The lowest BCUT2D eigenvalue weighted by molar-refractivity contribution is 0.112. The van der Waals surface area contributed by atoms with Crippen molar-refractivity contribution < 1.29 is 9.53 Å². The number of benzene rings is 1. The van der Waals surface area contributed by atoms with Crippen molar-refractivity contribution in [2.75, 3.05) is 14.2 Å². The van der Waals surface area contributed by atoms with E-state index < -0.39 is 0 Å². The normalized spacial score (nSPS) is 16.9. The number of hydrogen-bond donors (Lipinski definition) is 3. The summed E-state index contributed by atoms with van der Waals surface area (Å²) in [5.74, 6) is 1.48. The zero-order valence-corrected chi connectivity index (χ0v) is 12.4. The molecule has 0 radical (unpaired) electrons. The lowest BCUT2D eigenvalue weighted by Gasteiger charge is -2.22. The van der Waals surface area contributed by atoms with Gasteiger partial charge in [0.2, 0.25) is 0 Å². The average Bonchev–Trinajstić information content (AvgIpc) is 3.02. The average molecular weight is 302 g/mol. The number of nitrogens with one attached hydrogen (secondary N) is 3. The monoisotopic (exact) mass is 302 g/mol. The second kappa shape index (κ2) is 7.91. The number of nitrogens with zero attached hydrogens (tertiary/aromatic N) is 3. The Balaban J connectivity index is 0.000000545. The first-order valence-electron chi connectivity index (χ1n) is 6.58. The largest absolute Gasteiger partial charge is 0.388 e. The Kier molecular flexibility index (Phi) is 5.64. The molecule has 0 unspecified atom stereocenters. The maximum atomic E-state index is 10.6. The van der Waals surface area contributed by atoms with Crippen LogP contribution in [0.5, 0.6) is 0 Å². The second-order valence-corrected chi connectivity index (χ2v) is 4.44. The van der Waals surface area contributed by atoms with Gasteiger partial charge in [-0.2, -0.15) is 5.12 Å². The molecule has 0 aliphatic carbocycles. The topological polar surface area (TPSA) is 90.3 Å². The van der Waals surface area contributed by atoms with Gasteiger partial charge < -0.3 is 4.74 Å². The Morgan fingerprint density at radius 1 is 1.27 bits per heavy atom. The third-order valence-corrected chi connectivity index (χ3v) is 2.73. The van der Waals surface area contributed by atoms with Gasteiger partial charge in [-0.15, -0.1) is 10.6 Å². The number of hydrazine groups is 3. The number of amidine groups is 2. The highest BCUT2D eigenvalue weighted by Gasteiger charge is 2.18.